The van der Waals surface area contributed by atoms with Gasteiger partial charge < -0.3 is 5.11 Å². The van der Waals surface area contributed by atoms with E-state index in [1.54, 1.807) is 13.8 Å². The molecule has 5 nitrogen and oxygen atoms in total. The van der Waals surface area contributed by atoms with Crippen molar-refractivity contribution in [2.45, 2.75) is 39.7 Å². The highest BCUT2D eigenvalue weighted by molar-refractivity contribution is 5.82. The highest BCUT2D eigenvalue weighted by Gasteiger charge is 2.35. The van der Waals surface area contributed by atoms with Crippen molar-refractivity contribution >= 4 is 5.78 Å². The fraction of sp³-hybridized carbons (Fsp3) is 0.700. The molecule has 0 bridgehead atoms. The fourth-order valence-electron chi connectivity index (χ4n) is 1.25. The predicted molar refractivity (Wildman–Crippen MR) is 55.8 cm³/mol. The quantitative estimate of drug-likeness (QED) is 0.557. The molecule has 0 saturated carbocycles. The van der Waals surface area contributed by atoms with Crippen molar-refractivity contribution < 1.29 is 14.8 Å². The third kappa shape index (κ3) is 3.43. The van der Waals surface area contributed by atoms with Crippen LogP contribution >= 0.6 is 0 Å². The molecule has 0 aliphatic heterocycles. The standard InChI is InChI=1S/C10H17NO4/c1-5-9(12)8(3)10(4,13)7(2)6-11(14)15/h6,8,13H,5H2,1-4H3/b7-6+. The third-order valence-corrected chi connectivity index (χ3v) is 2.77. The van der Waals surface area contributed by atoms with Crippen LogP contribution in [0.4, 0.5) is 0 Å². The van der Waals surface area contributed by atoms with E-state index in [2.05, 4.69) is 0 Å². The maximum atomic E-state index is 11.4. The van der Waals surface area contributed by atoms with Gasteiger partial charge in [-0.05, 0) is 13.8 Å². The van der Waals surface area contributed by atoms with Gasteiger partial charge >= 0.3 is 0 Å². The van der Waals surface area contributed by atoms with Crippen molar-refractivity contribution in [1.29, 1.82) is 0 Å². The minimum atomic E-state index is -1.46. The summed E-state index contributed by atoms with van der Waals surface area (Å²) in [6.07, 6.45) is 1.04. The largest absolute Gasteiger partial charge is 0.385 e. The molecule has 2 atom stereocenters. The molecule has 0 heterocycles. The minimum absolute atomic E-state index is 0.115. The molecule has 15 heavy (non-hydrogen) atoms. The first kappa shape index (κ1) is 13.8. The zero-order valence-electron chi connectivity index (χ0n) is 9.48. The summed E-state index contributed by atoms with van der Waals surface area (Å²) in [5.74, 6) is -0.755. The van der Waals surface area contributed by atoms with Gasteiger partial charge in [0.1, 0.15) is 5.78 Å². The molecule has 0 aromatic rings. The number of rotatable bonds is 5. The van der Waals surface area contributed by atoms with Crippen molar-refractivity contribution in [3.05, 3.63) is 21.9 Å². The van der Waals surface area contributed by atoms with E-state index < -0.39 is 16.4 Å². The van der Waals surface area contributed by atoms with Crippen LogP contribution in [-0.4, -0.2) is 21.4 Å². The summed E-state index contributed by atoms with van der Waals surface area (Å²) in [6.45, 7) is 6.13. The van der Waals surface area contributed by atoms with Crippen LogP contribution in [0.15, 0.2) is 11.8 Å². The topological polar surface area (TPSA) is 80.4 Å². The van der Waals surface area contributed by atoms with E-state index in [9.17, 15) is 20.0 Å². The van der Waals surface area contributed by atoms with Gasteiger partial charge in [-0.15, -0.1) is 0 Å². The SMILES string of the molecule is CCC(=O)C(C)C(C)(O)/C(C)=C/[N+](=O)[O-]. The summed E-state index contributed by atoms with van der Waals surface area (Å²) in [6, 6.07) is 0. The van der Waals surface area contributed by atoms with Crippen LogP contribution in [0.1, 0.15) is 34.1 Å². The number of ketones is 1. The van der Waals surface area contributed by atoms with E-state index in [0.29, 0.717) is 6.42 Å². The third-order valence-electron chi connectivity index (χ3n) is 2.77. The van der Waals surface area contributed by atoms with Gasteiger partial charge in [-0.2, -0.15) is 0 Å². The monoisotopic (exact) mass is 215 g/mol. The van der Waals surface area contributed by atoms with Gasteiger partial charge in [-0.25, -0.2) is 0 Å². The number of nitrogens with zero attached hydrogens (tertiary/aromatic N) is 1. The van der Waals surface area contributed by atoms with Crippen LogP contribution in [0.2, 0.25) is 0 Å². The fourth-order valence-corrected chi connectivity index (χ4v) is 1.25. The summed E-state index contributed by atoms with van der Waals surface area (Å²) in [5.41, 5.74) is -1.28. The zero-order valence-corrected chi connectivity index (χ0v) is 9.48. The first-order valence-electron chi connectivity index (χ1n) is 4.81. The van der Waals surface area contributed by atoms with Crippen LogP contribution in [0.3, 0.4) is 0 Å². The normalized spacial score (nSPS) is 18.1. The lowest BCUT2D eigenvalue weighted by atomic mass is 9.81. The molecule has 0 amide bonds. The Kier molecular flexibility index (Phi) is 4.61. The molecule has 2 unspecified atom stereocenters. The Bertz CT molecular complexity index is 294. The van der Waals surface area contributed by atoms with Crippen molar-refractivity contribution in [2.75, 3.05) is 0 Å². The summed E-state index contributed by atoms with van der Waals surface area (Å²) < 4.78 is 0. The Morgan fingerprint density at radius 1 is 1.67 bits per heavy atom. The van der Waals surface area contributed by atoms with E-state index >= 15 is 0 Å². The lowest BCUT2D eigenvalue weighted by Gasteiger charge is -2.28. The molecule has 5 heteroatoms. The maximum Gasteiger partial charge on any atom is 0.236 e. The van der Waals surface area contributed by atoms with Crippen molar-refractivity contribution in [3.63, 3.8) is 0 Å². The van der Waals surface area contributed by atoms with E-state index in [4.69, 9.17) is 0 Å². The average Bonchev–Trinajstić information content (AvgIpc) is 2.14. The lowest BCUT2D eigenvalue weighted by molar-refractivity contribution is -0.404. The second kappa shape index (κ2) is 5.02. The Morgan fingerprint density at radius 2 is 2.13 bits per heavy atom. The smallest absolute Gasteiger partial charge is 0.236 e. The highest BCUT2D eigenvalue weighted by atomic mass is 16.6. The molecule has 0 spiro atoms. The number of carbonyl (C=O) groups excluding carboxylic acids is 1. The summed E-state index contributed by atoms with van der Waals surface area (Å²) in [4.78, 5) is 21.0. The van der Waals surface area contributed by atoms with Gasteiger partial charge in [-0.1, -0.05) is 13.8 Å². The first-order chi connectivity index (χ1) is 6.73. The Morgan fingerprint density at radius 3 is 2.47 bits per heavy atom. The molecule has 0 aromatic heterocycles. The molecule has 86 valence electrons. The van der Waals surface area contributed by atoms with E-state index in [1.165, 1.54) is 13.8 Å². The number of nitro groups is 1. The number of hydrogen-bond donors (Lipinski definition) is 1. The lowest BCUT2D eigenvalue weighted by Crippen LogP contribution is -2.39. The highest BCUT2D eigenvalue weighted by Crippen LogP contribution is 2.26. The number of aliphatic hydroxyl groups is 1. The molecule has 1 N–H and O–H groups in total. The second-order valence-corrected chi connectivity index (χ2v) is 3.79. The maximum absolute atomic E-state index is 11.4. The van der Waals surface area contributed by atoms with Crippen molar-refractivity contribution in [2.24, 2.45) is 5.92 Å². The van der Waals surface area contributed by atoms with Crippen molar-refractivity contribution in [3.8, 4) is 0 Å². The van der Waals surface area contributed by atoms with Gasteiger partial charge in [-0.3, -0.25) is 14.9 Å². The molecule has 0 aromatic carbocycles. The molecule has 0 rings (SSSR count). The van der Waals surface area contributed by atoms with Gasteiger partial charge in [0.2, 0.25) is 6.20 Å². The average molecular weight is 215 g/mol. The predicted octanol–water partition coefficient (Wildman–Crippen LogP) is 1.53. The second-order valence-electron chi connectivity index (χ2n) is 3.79. The Labute approximate surface area is 88.9 Å². The molecule has 0 fully saturated rings. The van der Waals surface area contributed by atoms with E-state index in [-0.39, 0.29) is 11.4 Å². The van der Waals surface area contributed by atoms with Gasteiger partial charge in [0.25, 0.3) is 0 Å². The first-order valence-corrected chi connectivity index (χ1v) is 4.81. The van der Waals surface area contributed by atoms with Crippen LogP contribution in [0.5, 0.6) is 0 Å². The van der Waals surface area contributed by atoms with E-state index in [1.807, 2.05) is 0 Å². The van der Waals surface area contributed by atoms with Crippen molar-refractivity contribution in [1.82, 2.24) is 0 Å². The molecule has 0 saturated heterocycles. The van der Waals surface area contributed by atoms with Crippen LogP contribution in [-0.2, 0) is 4.79 Å². The van der Waals surface area contributed by atoms with Gasteiger partial charge in [0.05, 0.1) is 10.5 Å². The number of hydrogen-bond acceptors (Lipinski definition) is 4. The Hall–Kier alpha value is -1.23. The van der Waals surface area contributed by atoms with Gasteiger partial charge in [0.15, 0.2) is 0 Å². The number of carbonyl (C=O) groups is 1. The summed E-state index contributed by atoms with van der Waals surface area (Å²) >= 11 is 0. The van der Waals surface area contributed by atoms with Crippen LogP contribution in [0.25, 0.3) is 0 Å². The molecule has 0 aliphatic rings. The summed E-state index contributed by atoms with van der Waals surface area (Å²) in [5, 5.41) is 20.3. The minimum Gasteiger partial charge on any atom is -0.385 e. The summed E-state index contributed by atoms with van der Waals surface area (Å²) in [7, 11) is 0. The molecular weight excluding hydrogens is 198 g/mol. The van der Waals surface area contributed by atoms with Gasteiger partial charge in [0, 0.05) is 17.9 Å². The number of Topliss-reactive ketones (excluding diaryl/α,β-unsaturated/α-hetero) is 1. The molecule has 0 aliphatic carbocycles. The Balaban J connectivity index is 4.96. The molecular formula is C10H17NO4. The molecule has 0 radical (unpaired) electrons. The van der Waals surface area contributed by atoms with Crippen LogP contribution < -0.4 is 0 Å². The zero-order chi connectivity index (χ0) is 12.2. The van der Waals surface area contributed by atoms with Crippen LogP contribution in [0, 0.1) is 16.0 Å². The van der Waals surface area contributed by atoms with E-state index in [0.717, 1.165) is 6.20 Å².